The molecule has 0 saturated heterocycles. The lowest BCUT2D eigenvalue weighted by molar-refractivity contribution is 0.0978. The van der Waals surface area contributed by atoms with Crippen molar-refractivity contribution in [2.24, 2.45) is 0 Å². The van der Waals surface area contributed by atoms with Crippen LogP contribution >= 0.6 is 0 Å². The van der Waals surface area contributed by atoms with Crippen LogP contribution in [0.15, 0.2) is 47.6 Å². The second kappa shape index (κ2) is 5.93. The van der Waals surface area contributed by atoms with Gasteiger partial charge in [0.1, 0.15) is 5.75 Å². The lowest BCUT2D eigenvalue weighted by Crippen LogP contribution is -2.21. The number of carbonyl (C=O) groups excluding carboxylic acids is 3. The number of allylic oxidation sites excluding steroid dienone is 6. The molecule has 0 heterocycles. The Morgan fingerprint density at radius 2 is 1.41 bits per heavy atom. The molecule has 0 amide bonds. The molecule has 1 N–H and O–H groups in total. The van der Waals surface area contributed by atoms with Crippen molar-refractivity contribution in [1.82, 2.24) is 0 Å². The van der Waals surface area contributed by atoms with Crippen molar-refractivity contribution >= 4 is 17.3 Å². The average Bonchev–Trinajstić information content (AvgIpc) is 2.47. The van der Waals surface area contributed by atoms with Crippen molar-refractivity contribution in [1.29, 1.82) is 0 Å². The lowest BCUT2D eigenvalue weighted by atomic mass is 9.82. The monoisotopic (exact) mass is 296 g/mol. The van der Waals surface area contributed by atoms with Crippen LogP contribution in [0, 0.1) is 0 Å². The minimum Gasteiger partial charge on any atom is -0.507 e. The standard InChI is InChI=1S/C18H16O4/c1-4-6-11-12(7-5-2)18(22)15-9-16(20)13(10(3)19)8-14(15)17(11)21/h4-9,20H,1-3H3/b6-4+,7-5+. The Kier molecular flexibility index (Phi) is 4.22. The highest BCUT2D eigenvalue weighted by Gasteiger charge is 2.31. The zero-order valence-corrected chi connectivity index (χ0v) is 12.6. The van der Waals surface area contributed by atoms with Crippen molar-refractivity contribution < 1.29 is 19.5 Å². The van der Waals surface area contributed by atoms with Crippen molar-refractivity contribution in [3.8, 4) is 5.75 Å². The van der Waals surface area contributed by atoms with E-state index in [1.165, 1.54) is 19.1 Å². The smallest absolute Gasteiger partial charge is 0.194 e. The normalized spacial score (nSPS) is 15.0. The minimum atomic E-state index is -0.364. The first-order valence-electron chi connectivity index (χ1n) is 6.89. The van der Waals surface area contributed by atoms with Crippen LogP contribution < -0.4 is 0 Å². The van der Waals surface area contributed by atoms with E-state index >= 15 is 0 Å². The number of phenols is 1. The highest BCUT2D eigenvalue weighted by atomic mass is 16.3. The van der Waals surface area contributed by atoms with Gasteiger partial charge in [-0.25, -0.2) is 0 Å². The van der Waals surface area contributed by atoms with Gasteiger partial charge in [0, 0.05) is 22.3 Å². The van der Waals surface area contributed by atoms with Crippen LogP contribution in [-0.2, 0) is 0 Å². The second-order valence-electron chi connectivity index (χ2n) is 4.96. The van der Waals surface area contributed by atoms with Gasteiger partial charge < -0.3 is 5.11 Å². The summed E-state index contributed by atoms with van der Waals surface area (Å²) in [6, 6.07) is 2.49. The molecule has 1 aromatic rings. The SMILES string of the molecule is C/C=C/C1=C(/C=C/C)C(=O)c2cc(C(C)=O)c(O)cc2C1=O. The number of Topliss-reactive ketones (excluding diaryl/α,β-unsaturated/α-hetero) is 3. The minimum absolute atomic E-state index is 0.0363. The molecule has 1 aliphatic carbocycles. The number of aromatic hydroxyl groups is 1. The number of hydrogen-bond donors (Lipinski definition) is 1. The molecule has 0 fully saturated rings. The second-order valence-corrected chi connectivity index (χ2v) is 4.96. The number of carbonyl (C=O) groups is 3. The van der Waals surface area contributed by atoms with Crippen molar-refractivity contribution in [3.63, 3.8) is 0 Å². The summed E-state index contributed by atoms with van der Waals surface area (Å²) in [5.41, 5.74) is 0.879. The predicted octanol–water partition coefficient (Wildman–Crippen LogP) is 3.42. The quantitative estimate of drug-likeness (QED) is 0.867. The van der Waals surface area contributed by atoms with Gasteiger partial charge in [-0.1, -0.05) is 24.3 Å². The third kappa shape index (κ3) is 2.44. The van der Waals surface area contributed by atoms with Crippen LogP contribution in [0.4, 0.5) is 0 Å². The highest BCUT2D eigenvalue weighted by Crippen LogP contribution is 2.32. The van der Waals surface area contributed by atoms with Gasteiger partial charge in [0.25, 0.3) is 0 Å². The summed E-state index contributed by atoms with van der Waals surface area (Å²) >= 11 is 0. The fourth-order valence-corrected chi connectivity index (χ4v) is 2.45. The predicted molar refractivity (Wildman–Crippen MR) is 83.4 cm³/mol. The molecular weight excluding hydrogens is 280 g/mol. The van der Waals surface area contributed by atoms with Crippen molar-refractivity contribution in [3.05, 3.63) is 64.3 Å². The summed E-state index contributed by atoms with van der Waals surface area (Å²) in [5, 5.41) is 9.89. The summed E-state index contributed by atoms with van der Waals surface area (Å²) in [4.78, 5) is 36.7. The topological polar surface area (TPSA) is 71.4 Å². The summed E-state index contributed by atoms with van der Waals surface area (Å²) in [7, 11) is 0. The van der Waals surface area contributed by atoms with Crippen LogP contribution in [0.1, 0.15) is 51.8 Å². The maximum atomic E-state index is 12.6. The summed E-state index contributed by atoms with van der Waals surface area (Å²) in [6.07, 6.45) is 6.52. The Hall–Kier alpha value is -2.75. The lowest BCUT2D eigenvalue weighted by Gasteiger charge is -2.18. The largest absolute Gasteiger partial charge is 0.507 e. The molecule has 0 bridgehead atoms. The van der Waals surface area contributed by atoms with Crippen LogP contribution in [-0.4, -0.2) is 22.5 Å². The van der Waals surface area contributed by atoms with E-state index in [2.05, 4.69) is 0 Å². The Bertz CT molecular complexity index is 777. The fraction of sp³-hybridized carbons (Fsp3) is 0.167. The van der Waals surface area contributed by atoms with Gasteiger partial charge in [-0.05, 0) is 32.9 Å². The zero-order valence-electron chi connectivity index (χ0n) is 12.6. The number of benzene rings is 1. The van der Waals surface area contributed by atoms with E-state index in [-0.39, 0.29) is 45.4 Å². The fourth-order valence-electron chi connectivity index (χ4n) is 2.45. The Balaban J connectivity index is 2.78. The van der Waals surface area contributed by atoms with Crippen LogP contribution in [0.3, 0.4) is 0 Å². The molecule has 0 atom stereocenters. The van der Waals surface area contributed by atoms with Crippen LogP contribution in [0.2, 0.25) is 0 Å². The molecule has 4 heteroatoms. The first-order valence-corrected chi connectivity index (χ1v) is 6.89. The van der Waals surface area contributed by atoms with E-state index in [1.54, 1.807) is 38.2 Å². The molecule has 0 unspecified atom stereocenters. The maximum Gasteiger partial charge on any atom is 0.194 e. The molecule has 0 spiro atoms. The van der Waals surface area contributed by atoms with Crippen LogP contribution in [0.25, 0.3) is 0 Å². The van der Waals surface area contributed by atoms with E-state index in [0.29, 0.717) is 5.57 Å². The van der Waals surface area contributed by atoms with E-state index in [1.807, 2.05) is 0 Å². The first-order chi connectivity index (χ1) is 10.4. The third-order valence-electron chi connectivity index (χ3n) is 3.45. The van der Waals surface area contributed by atoms with Crippen LogP contribution in [0.5, 0.6) is 5.75 Å². The van der Waals surface area contributed by atoms with E-state index in [9.17, 15) is 19.5 Å². The number of phenolic OH excluding ortho intramolecular Hbond substituents is 1. The molecule has 0 aliphatic heterocycles. The van der Waals surface area contributed by atoms with Crippen molar-refractivity contribution in [2.45, 2.75) is 20.8 Å². The summed E-state index contributed by atoms with van der Waals surface area (Å²) in [5.74, 6) is -1.33. The van der Waals surface area contributed by atoms with E-state index in [4.69, 9.17) is 0 Å². The number of hydrogen-bond acceptors (Lipinski definition) is 4. The zero-order chi connectivity index (χ0) is 16.4. The molecule has 22 heavy (non-hydrogen) atoms. The Labute approximate surface area is 128 Å². The molecular formula is C18H16O4. The number of fused-ring (bicyclic) bond motifs is 1. The Morgan fingerprint density at radius 3 is 1.82 bits per heavy atom. The van der Waals surface area contributed by atoms with Gasteiger partial charge in [-0.2, -0.15) is 0 Å². The molecule has 2 rings (SSSR count). The van der Waals surface area contributed by atoms with Gasteiger partial charge in [0.15, 0.2) is 17.3 Å². The van der Waals surface area contributed by atoms with Gasteiger partial charge in [0.2, 0.25) is 0 Å². The molecule has 1 aliphatic rings. The van der Waals surface area contributed by atoms with E-state index in [0.717, 1.165) is 0 Å². The van der Waals surface area contributed by atoms with Gasteiger partial charge in [-0.15, -0.1) is 0 Å². The van der Waals surface area contributed by atoms with E-state index < -0.39 is 0 Å². The maximum absolute atomic E-state index is 12.6. The van der Waals surface area contributed by atoms with Gasteiger partial charge in [0.05, 0.1) is 5.56 Å². The first kappa shape index (κ1) is 15.6. The van der Waals surface area contributed by atoms with Gasteiger partial charge in [-0.3, -0.25) is 14.4 Å². The number of ketones is 3. The molecule has 1 aromatic carbocycles. The summed E-state index contributed by atoms with van der Waals surface area (Å²) in [6.45, 7) is 4.81. The summed E-state index contributed by atoms with van der Waals surface area (Å²) < 4.78 is 0. The molecule has 0 saturated carbocycles. The average molecular weight is 296 g/mol. The molecule has 112 valence electrons. The van der Waals surface area contributed by atoms with Gasteiger partial charge >= 0.3 is 0 Å². The molecule has 0 aromatic heterocycles. The Morgan fingerprint density at radius 1 is 0.955 bits per heavy atom. The third-order valence-corrected chi connectivity index (χ3v) is 3.45. The van der Waals surface area contributed by atoms with Crippen molar-refractivity contribution in [2.75, 3.05) is 0 Å². The highest BCUT2D eigenvalue weighted by molar-refractivity contribution is 6.29. The number of rotatable bonds is 3. The molecule has 0 radical (unpaired) electrons. The molecule has 4 nitrogen and oxygen atoms in total.